The van der Waals surface area contributed by atoms with E-state index in [4.69, 9.17) is 9.15 Å². The van der Waals surface area contributed by atoms with Crippen LogP contribution in [0.4, 0.5) is 11.4 Å². The molecule has 0 saturated carbocycles. The fourth-order valence-electron chi connectivity index (χ4n) is 3.86. The van der Waals surface area contributed by atoms with Crippen LogP contribution in [0, 0.1) is 27.2 Å². The molecule has 0 aliphatic heterocycles. The van der Waals surface area contributed by atoms with Crippen molar-refractivity contribution < 1.29 is 23.2 Å². The Bertz CT molecular complexity index is 1580. The van der Waals surface area contributed by atoms with Gasteiger partial charge in [0.1, 0.15) is 16.4 Å². The number of aryl methyl sites for hydroxylation is 1. The number of rotatable bonds is 12. The van der Waals surface area contributed by atoms with Gasteiger partial charge in [-0.05, 0) is 55.1 Å². The molecule has 1 heterocycles. The second-order valence-electron chi connectivity index (χ2n) is 8.62. The first-order valence-electron chi connectivity index (χ1n) is 11.9. The normalized spacial score (nSPS) is 12.5. The number of ether oxygens (including phenoxy) is 1. The summed E-state index contributed by atoms with van der Waals surface area (Å²) in [5.74, 6) is 5.61. The zero-order valence-corrected chi connectivity index (χ0v) is 21.9. The molecule has 0 spiro atoms. The number of hydrogen-bond donors (Lipinski definition) is 1. The molecular formula is C27H26N4O7S. The maximum atomic E-state index is 13.1. The van der Waals surface area contributed by atoms with Crippen molar-refractivity contribution in [3.05, 3.63) is 110 Å². The number of nitro groups is 2. The van der Waals surface area contributed by atoms with Crippen LogP contribution in [-0.2, 0) is 22.5 Å². The molecule has 0 radical (unpaired) electrons. The number of oxazole rings is 1. The van der Waals surface area contributed by atoms with Crippen LogP contribution >= 0.6 is 0 Å². The smallest absolute Gasteiger partial charge is 0.293 e. The third kappa shape index (κ3) is 6.86. The lowest BCUT2D eigenvalue weighted by Crippen LogP contribution is -2.26. The summed E-state index contributed by atoms with van der Waals surface area (Å²) in [5, 5.41) is 22.3. The molecule has 0 saturated heterocycles. The van der Waals surface area contributed by atoms with Gasteiger partial charge in [-0.15, -0.1) is 0 Å². The Morgan fingerprint density at radius 3 is 2.38 bits per heavy atom. The highest BCUT2D eigenvalue weighted by Gasteiger charge is 2.24. The number of hydrogen-bond acceptors (Lipinski definition) is 8. The first kappa shape index (κ1) is 27.5. The molecule has 1 N–H and O–H groups in total. The molecule has 11 nitrogen and oxygen atoms in total. The van der Waals surface area contributed by atoms with Gasteiger partial charge in [-0.1, -0.05) is 30.3 Å². The molecule has 1 unspecified atom stereocenters. The van der Waals surface area contributed by atoms with Crippen molar-refractivity contribution in [3.8, 4) is 17.2 Å². The average Bonchev–Trinajstić information content (AvgIpc) is 3.29. The molecule has 0 fully saturated rings. The predicted molar refractivity (Wildman–Crippen MR) is 147 cm³/mol. The van der Waals surface area contributed by atoms with Crippen molar-refractivity contribution in [2.45, 2.75) is 24.7 Å². The van der Waals surface area contributed by atoms with Gasteiger partial charge in [-0.25, -0.2) is 13.9 Å². The van der Waals surface area contributed by atoms with Crippen molar-refractivity contribution in [3.63, 3.8) is 0 Å². The number of nitrogens with one attached hydrogen (secondary N) is 1. The van der Waals surface area contributed by atoms with Crippen LogP contribution < -0.4 is 9.46 Å². The Morgan fingerprint density at radius 2 is 1.72 bits per heavy atom. The molecule has 39 heavy (non-hydrogen) atoms. The van der Waals surface area contributed by atoms with Crippen LogP contribution in [0.3, 0.4) is 0 Å². The van der Waals surface area contributed by atoms with Gasteiger partial charge in [-0.3, -0.25) is 20.2 Å². The maximum absolute atomic E-state index is 13.1. The summed E-state index contributed by atoms with van der Waals surface area (Å²) in [6, 6.07) is 20.0. The van der Waals surface area contributed by atoms with Crippen LogP contribution in [-0.4, -0.2) is 38.1 Å². The highest BCUT2D eigenvalue weighted by Crippen LogP contribution is 2.28. The summed E-state index contributed by atoms with van der Waals surface area (Å²) in [7, 11) is -3.27. The molecule has 1 atom stereocenters. The second kappa shape index (κ2) is 11.9. The number of aromatic nitrogens is 1. The molecule has 0 aliphatic carbocycles. The summed E-state index contributed by atoms with van der Waals surface area (Å²) >= 11 is 0. The van der Waals surface area contributed by atoms with Crippen molar-refractivity contribution >= 4 is 27.0 Å². The van der Waals surface area contributed by atoms with Gasteiger partial charge in [0.05, 0.1) is 37.9 Å². The number of nitrogens with zero attached hydrogens (tertiary/aromatic N) is 3. The molecule has 4 aromatic rings. The molecule has 12 heteroatoms. The van der Waals surface area contributed by atoms with Gasteiger partial charge in [0, 0.05) is 24.6 Å². The van der Waals surface area contributed by atoms with E-state index in [2.05, 4.69) is 15.6 Å². The number of nitro benzene ring substituents is 2. The first-order chi connectivity index (χ1) is 18.6. The van der Waals surface area contributed by atoms with E-state index in [-0.39, 0.29) is 11.4 Å². The van der Waals surface area contributed by atoms with Gasteiger partial charge < -0.3 is 9.15 Å². The van der Waals surface area contributed by atoms with E-state index in [1.165, 1.54) is 0 Å². The minimum absolute atomic E-state index is 0.194. The van der Waals surface area contributed by atoms with E-state index in [9.17, 15) is 24.4 Å². The SMILES string of the molecule is C=S(=O)(NCCc1ccc(OCCc2nc(-c3ccccc3)oc2C)cc1)c1ccc([N+](=O)[O-])cc1[N+](=O)[O-]. The zero-order valence-electron chi connectivity index (χ0n) is 21.1. The molecule has 0 amide bonds. The Hall–Kier alpha value is -4.55. The first-order valence-corrected chi connectivity index (χ1v) is 13.6. The van der Waals surface area contributed by atoms with Gasteiger partial charge in [-0.2, -0.15) is 0 Å². The Morgan fingerprint density at radius 1 is 1.00 bits per heavy atom. The average molecular weight is 551 g/mol. The Kier molecular flexibility index (Phi) is 8.37. The lowest BCUT2D eigenvalue weighted by molar-refractivity contribution is -0.396. The van der Waals surface area contributed by atoms with Crippen molar-refractivity contribution in [2.24, 2.45) is 0 Å². The van der Waals surface area contributed by atoms with E-state index in [1.54, 1.807) is 0 Å². The lowest BCUT2D eigenvalue weighted by atomic mass is 10.1. The van der Waals surface area contributed by atoms with Gasteiger partial charge in [0.25, 0.3) is 11.4 Å². The van der Waals surface area contributed by atoms with Crippen LogP contribution in [0.2, 0.25) is 0 Å². The fourth-order valence-corrected chi connectivity index (χ4v) is 5.21. The van der Waals surface area contributed by atoms with E-state index in [1.807, 2.05) is 61.5 Å². The van der Waals surface area contributed by atoms with Crippen LogP contribution in [0.1, 0.15) is 17.0 Å². The van der Waals surface area contributed by atoms with Crippen molar-refractivity contribution in [1.29, 1.82) is 0 Å². The summed E-state index contributed by atoms with van der Waals surface area (Å²) in [6.45, 7) is 2.51. The lowest BCUT2D eigenvalue weighted by Gasteiger charge is -2.12. The fraction of sp³-hybridized carbons (Fsp3) is 0.185. The summed E-state index contributed by atoms with van der Waals surface area (Å²) in [6.07, 6.45) is 1.05. The quantitative estimate of drug-likeness (QED) is 0.148. The largest absolute Gasteiger partial charge is 0.493 e. The molecule has 0 aliphatic rings. The second-order valence-corrected chi connectivity index (χ2v) is 10.7. The Labute approximate surface area is 224 Å². The van der Waals surface area contributed by atoms with Gasteiger partial charge in [0.15, 0.2) is 0 Å². The third-order valence-corrected chi connectivity index (χ3v) is 7.62. The minimum atomic E-state index is -3.27. The summed E-state index contributed by atoms with van der Waals surface area (Å²) in [4.78, 5) is 25.2. The predicted octanol–water partition coefficient (Wildman–Crippen LogP) is 4.91. The van der Waals surface area contributed by atoms with E-state index < -0.39 is 30.9 Å². The van der Waals surface area contributed by atoms with E-state index in [0.717, 1.165) is 40.8 Å². The summed E-state index contributed by atoms with van der Waals surface area (Å²) in [5.41, 5.74) is 1.59. The zero-order chi connectivity index (χ0) is 28.0. The standard InChI is InChI=1S/C27H26N4O7S/c1-19-24(29-27(38-19)21-6-4-3-5-7-21)15-17-37-23-11-8-20(9-12-23)14-16-28-39(2,36)26-13-10-22(30(32)33)18-25(26)31(34)35/h3-13,18H,2,14-17H2,1H3,(H,28,36). The maximum Gasteiger partial charge on any atom is 0.293 e. The third-order valence-electron chi connectivity index (χ3n) is 5.90. The molecule has 0 bridgehead atoms. The highest BCUT2D eigenvalue weighted by atomic mass is 32.2. The molecule has 1 aromatic heterocycles. The molecule has 202 valence electrons. The van der Waals surface area contributed by atoms with Gasteiger partial charge in [0.2, 0.25) is 5.89 Å². The van der Waals surface area contributed by atoms with Gasteiger partial charge >= 0.3 is 0 Å². The van der Waals surface area contributed by atoms with E-state index >= 15 is 0 Å². The van der Waals surface area contributed by atoms with Crippen molar-refractivity contribution in [2.75, 3.05) is 13.2 Å². The minimum Gasteiger partial charge on any atom is -0.493 e. The molecule has 4 rings (SSSR count). The molecular weight excluding hydrogens is 524 g/mol. The monoisotopic (exact) mass is 550 g/mol. The Balaban J connectivity index is 1.29. The highest BCUT2D eigenvalue weighted by molar-refractivity contribution is 7.98. The summed E-state index contributed by atoms with van der Waals surface area (Å²) < 4.78 is 27.4. The van der Waals surface area contributed by atoms with Crippen LogP contribution in [0.5, 0.6) is 5.75 Å². The molecule has 3 aromatic carbocycles. The number of non-ortho nitro benzene ring substituents is 1. The van der Waals surface area contributed by atoms with Crippen LogP contribution in [0.25, 0.3) is 11.5 Å². The van der Waals surface area contributed by atoms with E-state index in [0.29, 0.717) is 31.1 Å². The topological polar surface area (TPSA) is 151 Å². The number of benzene rings is 3. The van der Waals surface area contributed by atoms with Crippen LogP contribution in [0.15, 0.2) is 82.1 Å². The van der Waals surface area contributed by atoms with Crippen molar-refractivity contribution in [1.82, 2.24) is 9.71 Å².